The Morgan fingerprint density at radius 1 is 1.53 bits per heavy atom. The van der Waals surface area contributed by atoms with Crippen molar-refractivity contribution < 1.29 is 4.74 Å². The first-order chi connectivity index (χ1) is 9.11. The molecule has 0 saturated carbocycles. The minimum absolute atomic E-state index is 0.221. The van der Waals surface area contributed by atoms with Gasteiger partial charge in [-0.3, -0.25) is 0 Å². The second-order valence-electron chi connectivity index (χ2n) is 6.37. The predicted octanol–water partition coefficient (Wildman–Crippen LogP) is 3.62. The Balaban J connectivity index is 1.81. The summed E-state index contributed by atoms with van der Waals surface area (Å²) >= 11 is 2.06. The third-order valence-electron chi connectivity index (χ3n) is 4.37. The molecule has 2 aliphatic rings. The minimum Gasteiger partial charge on any atom is -0.374 e. The molecule has 2 nitrogen and oxygen atoms in total. The average Bonchev–Trinajstić information content (AvgIpc) is 2.82. The molecule has 0 aromatic carbocycles. The van der Waals surface area contributed by atoms with Crippen LogP contribution in [0.4, 0.5) is 0 Å². The molecule has 2 atom stereocenters. The van der Waals surface area contributed by atoms with Gasteiger partial charge in [-0.05, 0) is 50.8 Å². The van der Waals surface area contributed by atoms with Gasteiger partial charge in [0.05, 0.1) is 5.60 Å². The van der Waals surface area contributed by atoms with E-state index in [0.717, 1.165) is 25.5 Å². The van der Waals surface area contributed by atoms with Crippen molar-refractivity contribution in [2.45, 2.75) is 58.1 Å². The fraction of sp³-hybridized carbons (Fsp3) is 0.875. The molecule has 19 heavy (non-hydrogen) atoms. The molecule has 0 aromatic heterocycles. The third kappa shape index (κ3) is 4.51. The van der Waals surface area contributed by atoms with E-state index in [1.54, 1.807) is 5.57 Å². The minimum atomic E-state index is 0.221. The standard InChI is InChI=1S/C16H29NOS/c1-13(2)17-8-4-5-14(3)15-6-9-18-16(11-15)7-10-19-12-16/h5,13,15,17H,4,6-12H2,1-3H3. The van der Waals surface area contributed by atoms with E-state index in [-0.39, 0.29) is 5.60 Å². The normalized spacial score (nSPS) is 32.4. The maximum atomic E-state index is 6.10. The summed E-state index contributed by atoms with van der Waals surface area (Å²) in [7, 11) is 0. The number of allylic oxidation sites excluding steroid dienone is 1. The number of ether oxygens (including phenoxy) is 1. The zero-order chi connectivity index (χ0) is 13.7. The highest BCUT2D eigenvalue weighted by Crippen LogP contribution is 2.42. The van der Waals surface area contributed by atoms with Crippen molar-refractivity contribution in [1.82, 2.24) is 5.32 Å². The molecule has 0 aliphatic carbocycles. The van der Waals surface area contributed by atoms with Crippen LogP contribution in [-0.4, -0.2) is 36.3 Å². The second kappa shape index (κ2) is 7.14. The predicted molar refractivity (Wildman–Crippen MR) is 84.9 cm³/mol. The quantitative estimate of drug-likeness (QED) is 0.615. The SMILES string of the molecule is CC(=CCCNC(C)C)C1CCOC2(CCSC2)C1. The van der Waals surface area contributed by atoms with E-state index >= 15 is 0 Å². The van der Waals surface area contributed by atoms with Crippen LogP contribution < -0.4 is 5.32 Å². The molecular weight excluding hydrogens is 254 g/mol. The number of thioether (sulfide) groups is 1. The van der Waals surface area contributed by atoms with Crippen LogP contribution in [0.3, 0.4) is 0 Å². The Bertz CT molecular complexity index is 308. The second-order valence-corrected chi connectivity index (χ2v) is 7.47. The zero-order valence-electron chi connectivity index (χ0n) is 12.7. The van der Waals surface area contributed by atoms with E-state index < -0.39 is 0 Å². The average molecular weight is 283 g/mol. The van der Waals surface area contributed by atoms with Crippen LogP contribution in [0.1, 0.15) is 46.5 Å². The van der Waals surface area contributed by atoms with Gasteiger partial charge in [0.2, 0.25) is 0 Å². The summed E-state index contributed by atoms with van der Waals surface area (Å²) in [4.78, 5) is 0. The fourth-order valence-corrected chi connectivity index (χ4v) is 4.50. The van der Waals surface area contributed by atoms with Gasteiger partial charge < -0.3 is 10.1 Å². The molecule has 2 heterocycles. The molecule has 3 heteroatoms. The van der Waals surface area contributed by atoms with Crippen LogP contribution in [0.5, 0.6) is 0 Å². The summed E-state index contributed by atoms with van der Waals surface area (Å²) in [6.45, 7) is 8.79. The monoisotopic (exact) mass is 283 g/mol. The molecule has 0 radical (unpaired) electrons. The van der Waals surface area contributed by atoms with Crippen LogP contribution in [0.2, 0.25) is 0 Å². The fourth-order valence-electron chi connectivity index (χ4n) is 3.12. The highest BCUT2D eigenvalue weighted by atomic mass is 32.2. The largest absolute Gasteiger partial charge is 0.374 e. The Morgan fingerprint density at radius 2 is 2.37 bits per heavy atom. The number of hydrogen-bond donors (Lipinski definition) is 1. The van der Waals surface area contributed by atoms with Crippen molar-refractivity contribution in [3.8, 4) is 0 Å². The number of rotatable bonds is 5. The van der Waals surface area contributed by atoms with Crippen LogP contribution in [0.25, 0.3) is 0 Å². The van der Waals surface area contributed by atoms with Crippen molar-refractivity contribution in [2.24, 2.45) is 5.92 Å². The molecule has 2 saturated heterocycles. The molecule has 0 bridgehead atoms. The van der Waals surface area contributed by atoms with Crippen LogP contribution >= 0.6 is 11.8 Å². The summed E-state index contributed by atoms with van der Waals surface area (Å²) in [5, 5.41) is 3.48. The van der Waals surface area contributed by atoms with E-state index in [1.807, 2.05) is 0 Å². The van der Waals surface area contributed by atoms with Gasteiger partial charge in [-0.15, -0.1) is 0 Å². The van der Waals surface area contributed by atoms with E-state index in [0.29, 0.717) is 6.04 Å². The summed E-state index contributed by atoms with van der Waals surface area (Å²) < 4.78 is 6.10. The van der Waals surface area contributed by atoms with Gasteiger partial charge in [0, 0.05) is 18.4 Å². The highest BCUT2D eigenvalue weighted by Gasteiger charge is 2.40. The van der Waals surface area contributed by atoms with Crippen molar-refractivity contribution in [2.75, 3.05) is 24.7 Å². The van der Waals surface area contributed by atoms with E-state index in [4.69, 9.17) is 4.74 Å². The van der Waals surface area contributed by atoms with Crippen molar-refractivity contribution in [3.05, 3.63) is 11.6 Å². The third-order valence-corrected chi connectivity index (χ3v) is 5.59. The number of nitrogens with one attached hydrogen (secondary N) is 1. The summed E-state index contributed by atoms with van der Waals surface area (Å²) in [5.74, 6) is 3.26. The van der Waals surface area contributed by atoms with Gasteiger partial charge in [-0.25, -0.2) is 0 Å². The Hall–Kier alpha value is 0.0100. The molecule has 1 spiro atoms. The van der Waals surface area contributed by atoms with Gasteiger partial charge in [0.25, 0.3) is 0 Å². The number of hydrogen-bond acceptors (Lipinski definition) is 3. The Kier molecular flexibility index (Phi) is 5.79. The summed E-state index contributed by atoms with van der Waals surface area (Å²) in [6, 6.07) is 0.593. The maximum absolute atomic E-state index is 6.10. The van der Waals surface area contributed by atoms with Gasteiger partial charge in [-0.2, -0.15) is 11.8 Å². The lowest BCUT2D eigenvalue weighted by molar-refractivity contribution is -0.0734. The molecule has 2 unspecified atom stereocenters. The molecule has 2 fully saturated rings. The molecule has 2 rings (SSSR count). The van der Waals surface area contributed by atoms with E-state index in [1.165, 1.54) is 30.8 Å². The first-order valence-corrected chi connectivity index (χ1v) is 8.88. The van der Waals surface area contributed by atoms with Crippen molar-refractivity contribution in [1.29, 1.82) is 0 Å². The Labute approximate surface area is 122 Å². The van der Waals surface area contributed by atoms with Crippen molar-refractivity contribution in [3.63, 3.8) is 0 Å². The molecule has 2 aliphatic heterocycles. The van der Waals surface area contributed by atoms with E-state index in [9.17, 15) is 0 Å². The lowest BCUT2D eigenvalue weighted by atomic mass is 9.81. The van der Waals surface area contributed by atoms with Crippen molar-refractivity contribution >= 4 is 11.8 Å². The molecule has 110 valence electrons. The lowest BCUT2D eigenvalue weighted by Crippen LogP contribution is -2.40. The molecular formula is C16H29NOS. The summed E-state index contributed by atoms with van der Waals surface area (Å²) in [6.07, 6.45) is 7.33. The van der Waals surface area contributed by atoms with Gasteiger partial charge in [0.1, 0.15) is 0 Å². The highest BCUT2D eigenvalue weighted by molar-refractivity contribution is 7.99. The topological polar surface area (TPSA) is 21.3 Å². The zero-order valence-corrected chi connectivity index (χ0v) is 13.5. The smallest absolute Gasteiger partial charge is 0.0786 e. The lowest BCUT2D eigenvalue weighted by Gasteiger charge is -2.38. The van der Waals surface area contributed by atoms with Gasteiger partial charge in [0.15, 0.2) is 0 Å². The molecule has 1 N–H and O–H groups in total. The maximum Gasteiger partial charge on any atom is 0.0786 e. The first-order valence-electron chi connectivity index (χ1n) is 7.73. The van der Waals surface area contributed by atoms with Crippen LogP contribution in [0, 0.1) is 5.92 Å². The Morgan fingerprint density at radius 3 is 3.05 bits per heavy atom. The van der Waals surface area contributed by atoms with Crippen LogP contribution in [-0.2, 0) is 4.74 Å². The molecule has 0 amide bonds. The van der Waals surface area contributed by atoms with Gasteiger partial charge in [-0.1, -0.05) is 25.5 Å². The van der Waals surface area contributed by atoms with Crippen LogP contribution in [0.15, 0.2) is 11.6 Å². The molecule has 0 aromatic rings. The van der Waals surface area contributed by atoms with Gasteiger partial charge >= 0.3 is 0 Å². The first kappa shape index (κ1) is 15.4. The van der Waals surface area contributed by atoms with E-state index in [2.05, 4.69) is 43.9 Å². The summed E-state index contributed by atoms with van der Waals surface area (Å²) in [5.41, 5.74) is 1.81.